The summed E-state index contributed by atoms with van der Waals surface area (Å²) in [6.07, 6.45) is 3.86. The molecule has 0 spiro atoms. The van der Waals surface area contributed by atoms with Crippen LogP contribution < -0.4 is 0 Å². The van der Waals surface area contributed by atoms with E-state index in [1.165, 1.54) is 11.5 Å². The Morgan fingerprint density at radius 2 is 1.82 bits per heavy atom. The number of fused-ring (bicyclic) bond motifs is 1. The molecule has 0 bridgehead atoms. The Kier molecular flexibility index (Phi) is 2.63. The average molecular weight is 239 g/mol. The third kappa shape index (κ3) is 2.21. The first kappa shape index (κ1) is 10.1. The van der Waals surface area contributed by atoms with E-state index < -0.39 is 0 Å². The summed E-state index contributed by atoms with van der Waals surface area (Å²) >= 11 is 1.34. The quantitative estimate of drug-likeness (QED) is 0.689. The van der Waals surface area contributed by atoms with Crippen molar-refractivity contribution in [3.8, 4) is 0 Å². The molecule has 2 aromatic heterocycles. The van der Waals surface area contributed by atoms with E-state index in [0.29, 0.717) is 0 Å². The zero-order valence-corrected chi connectivity index (χ0v) is 9.76. The smallest absolute Gasteiger partial charge is 0.0982 e. The summed E-state index contributed by atoms with van der Waals surface area (Å²) in [5.41, 5.74) is 2.80. The Morgan fingerprint density at radius 1 is 0.941 bits per heavy atom. The van der Waals surface area contributed by atoms with Gasteiger partial charge >= 0.3 is 0 Å². The lowest BCUT2D eigenvalue weighted by atomic mass is 10.2. The molecule has 0 atom stereocenters. The molecule has 0 aliphatic heterocycles. The number of para-hydroxylation sites is 1. The highest BCUT2D eigenvalue weighted by atomic mass is 32.1. The van der Waals surface area contributed by atoms with Crippen LogP contribution in [0.25, 0.3) is 23.1 Å². The second-order valence-corrected chi connectivity index (χ2v) is 4.20. The third-order valence-corrected chi connectivity index (χ3v) is 2.94. The first-order chi connectivity index (χ1) is 8.42. The van der Waals surface area contributed by atoms with Crippen LogP contribution in [-0.2, 0) is 0 Å². The Bertz CT molecular complexity index is 659. The topological polar surface area (TPSA) is 38.7 Å². The maximum absolute atomic E-state index is 4.54. The molecule has 0 amide bonds. The van der Waals surface area contributed by atoms with Crippen molar-refractivity contribution in [2.75, 3.05) is 0 Å². The first-order valence-corrected chi connectivity index (χ1v) is 6.06. The predicted molar refractivity (Wildman–Crippen MR) is 70.6 cm³/mol. The number of nitrogens with zero attached hydrogens (tertiary/aromatic N) is 3. The zero-order chi connectivity index (χ0) is 11.5. The molecule has 1 aromatic carbocycles. The van der Waals surface area contributed by atoms with Gasteiger partial charge in [-0.15, -0.1) is 5.10 Å². The van der Waals surface area contributed by atoms with Crippen LogP contribution in [0.3, 0.4) is 0 Å². The average Bonchev–Trinajstić information content (AvgIpc) is 2.89. The molecular formula is C13H9N3S. The molecule has 0 radical (unpaired) electrons. The maximum atomic E-state index is 4.54. The van der Waals surface area contributed by atoms with Crippen LogP contribution >= 0.6 is 11.5 Å². The van der Waals surface area contributed by atoms with Gasteiger partial charge in [-0.05, 0) is 35.8 Å². The minimum absolute atomic E-state index is 0.866. The molecule has 0 unspecified atom stereocenters. The van der Waals surface area contributed by atoms with Gasteiger partial charge in [-0.3, -0.25) is 0 Å². The van der Waals surface area contributed by atoms with Gasteiger partial charge in [0.05, 0.1) is 16.9 Å². The molecule has 17 heavy (non-hydrogen) atoms. The number of pyridine rings is 1. The molecule has 82 valence electrons. The fourth-order valence-corrected chi connectivity index (χ4v) is 2.01. The lowest BCUT2D eigenvalue weighted by Crippen LogP contribution is -1.82. The normalized spacial score (nSPS) is 11.3. The summed E-state index contributed by atoms with van der Waals surface area (Å²) in [5.74, 6) is 0. The number of hydrogen-bond donors (Lipinski definition) is 0. The SMILES string of the molecule is C(=Cc1ccc2ccccc2n1)c1csnn1. The number of rotatable bonds is 2. The van der Waals surface area contributed by atoms with Crippen LogP contribution in [0.15, 0.2) is 41.8 Å². The van der Waals surface area contributed by atoms with Gasteiger partial charge in [0.15, 0.2) is 0 Å². The van der Waals surface area contributed by atoms with Gasteiger partial charge in [0.1, 0.15) is 0 Å². The van der Waals surface area contributed by atoms with Crippen molar-refractivity contribution in [2.24, 2.45) is 0 Å². The van der Waals surface area contributed by atoms with Crippen LogP contribution in [0.4, 0.5) is 0 Å². The van der Waals surface area contributed by atoms with Gasteiger partial charge in [-0.1, -0.05) is 28.8 Å². The van der Waals surface area contributed by atoms with Crippen LogP contribution in [0.1, 0.15) is 11.4 Å². The van der Waals surface area contributed by atoms with Crippen molar-refractivity contribution in [2.45, 2.75) is 0 Å². The summed E-state index contributed by atoms with van der Waals surface area (Å²) in [7, 11) is 0. The van der Waals surface area contributed by atoms with Gasteiger partial charge in [-0.2, -0.15) is 0 Å². The molecule has 2 heterocycles. The zero-order valence-electron chi connectivity index (χ0n) is 8.95. The third-order valence-electron chi connectivity index (χ3n) is 2.42. The Morgan fingerprint density at radius 3 is 2.71 bits per heavy atom. The van der Waals surface area contributed by atoms with Crippen molar-refractivity contribution < 1.29 is 0 Å². The molecule has 0 fully saturated rings. The summed E-state index contributed by atoms with van der Waals surface area (Å²) in [5, 5.41) is 7.00. The van der Waals surface area contributed by atoms with Gasteiger partial charge in [0.25, 0.3) is 0 Å². The van der Waals surface area contributed by atoms with Crippen molar-refractivity contribution in [1.82, 2.24) is 14.6 Å². The van der Waals surface area contributed by atoms with E-state index in [0.717, 1.165) is 22.3 Å². The molecule has 0 N–H and O–H groups in total. The standard InChI is InChI=1S/C13H9N3S/c1-2-4-13-10(3-1)5-6-11(14-13)7-8-12-9-17-16-15-12/h1-9H. The Balaban J connectivity index is 1.96. The summed E-state index contributed by atoms with van der Waals surface area (Å²) in [6.45, 7) is 0. The highest BCUT2D eigenvalue weighted by Crippen LogP contribution is 2.13. The molecular weight excluding hydrogens is 230 g/mol. The molecule has 0 saturated heterocycles. The van der Waals surface area contributed by atoms with E-state index >= 15 is 0 Å². The second-order valence-electron chi connectivity index (χ2n) is 3.59. The Labute approximate surface area is 103 Å². The van der Waals surface area contributed by atoms with E-state index in [1.807, 2.05) is 41.8 Å². The highest BCUT2D eigenvalue weighted by molar-refractivity contribution is 7.03. The van der Waals surface area contributed by atoms with Crippen LogP contribution in [0.5, 0.6) is 0 Å². The second kappa shape index (κ2) is 4.43. The van der Waals surface area contributed by atoms with Crippen LogP contribution in [0, 0.1) is 0 Å². The monoisotopic (exact) mass is 239 g/mol. The maximum Gasteiger partial charge on any atom is 0.0982 e. The first-order valence-electron chi connectivity index (χ1n) is 5.23. The van der Waals surface area contributed by atoms with Crippen molar-refractivity contribution >= 4 is 34.6 Å². The van der Waals surface area contributed by atoms with Crippen LogP contribution in [-0.4, -0.2) is 14.6 Å². The summed E-state index contributed by atoms with van der Waals surface area (Å²) in [4.78, 5) is 4.54. The van der Waals surface area contributed by atoms with Gasteiger partial charge in [0, 0.05) is 10.8 Å². The molecule has 0 aliphatic rings. The minimum atomic E-state index is 0.866. The minimum Gasteiger partial charge on any atom is -0.248 e. The molecule has 0 saturated carbocycles. The van der Waals surface area contributed by atoms with Gasteiger partial charge in [-0.25, -0.2) is 4.98 Å². The molecule has 0 aliphatic carbocycles. The Hall–Kier alpha value is -2.07. The summed E-state index contributed by atoms with van der Waals surface area (Å²) < 4.78 is 3.80. The molecule has 3 rings (SSSR count). The van der Waals surface area contributed by atoms with Gasteiger partial charge < -0.3 is 0 Å². The van der Waals surface area contributed by atoms with Crippen molar-refractivity contribution in [1.29, 1.82) is 0 Å². The van der Waals surface area contributed by atoms with E-state index in [2.05, 4.69) is 26.7 Å². The number of benzene rings is 1. The van der Waals surface area contributed by atoms with Gasteiger partial charge in [0.2, 0.25) is 0 Å². The molecule has 3 nitrogen and oxygen atoms in total. The van der Waals surface area contributed by atoms with E-state index in [1.54, 1.807) is 0 Å². The predicted octanol–water partition coefficient (Wildman–Crippen LogP) is 3.26. The molecule has 4 heteroatoms. The summed E-state index contributed by atoms with van der Waals surface area (Å²) in [6, 6.07) is 12.1. The van der Waals surface area contributed by atoms with E-state index in [9.17, 15) is 0 Å². The number of aromatic nitrogens is 3. The highest BCUT2D eigenvalue weighted by Gasteiger charge is 1.95. The fourth-order valence-electron chi connectivity index (χ4n) is 1.59. The lowest BCUT2D eigenvalue weighted by Gasteiger charge is -1.97. The lowest BCUT2D eigenvalue weighted by molar-refractivity contribution is 1.14. The largest absolute Gasteiger partial charge is 0.248 e. The molecule has 3 aromatic rings. The van der Waals surface area contributed by atoms with Crippen molar-refractivity contribution in [3.05, 3.63) is 53.2 Å². The number of hydrogen-bond acceptors (Lipinski definition) is 4. The van der Waals surface area contributed by atoms with Crippen LogP contribution in [0.2, 0.25) is 0 Å². The fraction of sp³-hybridized carbons (Fsp3) is 0. The van der Waals surface area contributed by atoms with E-state index in [-0.39, 0.29) is 0 Å². The van der Waals surface area contributed by atoms with Crippen molar-refractivity contribution in [3.63, 3.8) is 0 Å². The van der Waals surface area contributed by atoms with E-state index in [4.69, 9.17) is 0 Å².